The quantitative estimate of drug-likeness (QED) is 0.0417. The van der Waals surface area contributed by atoms with Crippen LogP contribution in [0.25, 0.3) is 0 Å². The first-order valence-electron chi connectivity index (χ1n) is 21.1. The van der Waals surface area contributed by atoms with Gasteiger partial charge in [0.05, 0.1) is 7.11 Å². The van der Waals surface area contributed by atoms with E-state index in [9.17, 15) is 58.7 Å². The first kappa shape index (κ1) is 165. The molecule has 0 fully saturated rings. The fourth-order valence-electron chi connectivity index (χ4n) is 0.581. The minimum absolute atomic E-state index is 0. The van der Waals surface area contributed by atoms with Crippen LogP contribution >= 0.6 is 32.9 Å². The molecule has 457 valence electrons. The van der Waals surface area contributed by atoms with Crippen molar-refractivity contribution in [2.45, 2.75) is 158 Å². The van der Waals surface area contributed by atoms with E-state index in [2.05, 4.69) is 44.1 Å². The fraction of sp³-hybridized carbons (Fsp3) is 0.583. The maximum absolute atomic E-state index is 11.3. The van der Waals surface area contributed by atoms with Gasteiger partial charge >= 0.3 is 211 Å². The van der Waals surface area contributed by atoms with Gasteiger partial charge in [0.15, 0.2) is 11.6 Å². The number of carbonyl (C=O) groups is 7. The molecule has 0 rings (SSSR count). The van der Waals surface area contributed by atoms with Crippen LogP contribution in [0, 0.1) is 6.92 Å². The van der Waals surface area contributed by atoms with Crippen molar-refractivity contribution in [3.63, 3.8) is 0 Å². The number of carbonyl (C=O) groups excluding carboxylic acids is 6. The number of methoxy groups -OCH3 is 2. The zero-order chi connectivity index (χ0) is 61.8. The predicted molar refractivity (Wildman–Crippen MR) is 294 cm³/mol. The van der Waals surface area contributed by atoms with Gasteiger partial charge in [-0.3, -0.25) is 9.59 Å². The van der Waals surface area contributed by atoms with Crippen LogP contribution in [0.1, 0.15) is 161 Å². The molecule has 3 radical (unpaired) electrons. The molecule has 0 amide bonds. The molecule has 0 aliphatic rings. The van der Waals surface area contributed by atoms with E-state index in [-0.39, 0.29) is 245 Å². The van der Waals surface area contributed by atoms with Gasteiger partial charge in [0.1, 0.15) is 30.0 Å². The standard InChI is InChI=1S/C5H8O2.C5H8O.C4H6F2.C4H6O2.C4H9.C3H3F3.C3H8O.C3H6O.C2H5Br.C2F4.C2H6O.2C2H4O.3C2H6.CH2O3.B.BrH.2K.Li.2Na.H2O.2H/c1-3-4-5(6)7-2;1-3-4-5(2)6;1-3(5)4(2)6;1-2-3-4(5)6;1-3-4-2;1-2(4)3(5)6;1-3-4-2;1-3(2)4;1-2-3;3-1(4)2(5)6;3*1-2-3;3*1-2;2-1-4-3;;;;;;;;;;/h3-4H,1-2H3;3-4H,1-2H3;1-2H3;2-3H,1H3,(H,5,6);1,3-4H2,2H3;1H3;3H2,1-2H3;1-2H3;2H2,1H3;;3H,2H2,1H3;2*2H,1H3;3*1-2H3;1,3H;;1H;;;;;;1H2;;/q;;;;-1;;;;;;;;;;;;;;;5*+1;;2*-1/p-2/b3*4-3+;3-2+;;;;;;;;;;;;;;;;;;;;;;;. The summed E-state index contributed by atoms with van der Waals surface area (Å²) in [7, 11) is 3.03. The summed E-state index contributed by atoms with van der Waals surface area (Å²) >= 11 is 3.15. The number of hydrogen-bond donors (Lipinski definition) is 2. The van der Waals surface area contributed by atoms with Crippen molar-refractivity contribution in [2.24, 2.45) is 0 Å². The third-order valence-corrected chi connectivity index (χ3v) is 2.77. The summed E-state index contributed by atoms with van der Waals surface area (Å²) in [5, 5.41) is 24.9. The number of esters is 1. The summed E-state index contributed by atoms with van der Waals surface area (Å²) in [5.41, 5.74) is 0. The van der Waals surface area contributed by atoms with E-state index >= 15 is 0 Å². The maximum atomic E-state index is 11.3. The molecule has 0 saturated carbocycles. The minimum atomic E-state index is -2.91. The number of carboxylic acids is 1. The van der Waals surface area contributed by atoms with Crippen molar-refractivity contribution in [1.82, 2.24) is 0 Å². The Labute approximate surface area is 636 Å². The second-order valence-electron chi connectivity index (χ2n) is 8.94. The molecule has 0 aliphatic carbocycles. The zero-order valence-electron chi connectivity index (χ0n) is 55.0. The van der Waals surface area contributed by atoms with Crippen LogP contribution < -0.4 is 186 Å². The minimum Gasteiger partial charge on any atom is -1.00 e. The van der Waals surface area contributed by atoms with Gasteiger partial charge in [-0.2, -0.15) is 32.8 Å². The number of ketones is 2. The molecule has 0 unspecified atom stereocenters. The molecule has 31 heteroatoms. The molecule has 14 nitrogen and oxygen atoms in total. The van der Waals surface area contributed by atoms with Gasteiger partial charge in [-0.05, 0) is 96.1 Å². The summed E-state index contributed by atoms with van der Waals surface area (Å²) in [6, 6.07) is 0. The largest absolute Gasteiger partial charge is 1.00 e. The number of unbranched alkanes of at least 4 members (excludes halogenated alkanes) is 1. The van der Waals surface area contributed by atoms with Crippen LogP contribution in [0.5, 0.6) is 0 Å². The number of aliphatic hydroxyl groups excluding tert-OH is 1. The maximum Gasteiger partial charge on any atom is 1.00 e. The van der Waals surface area contributed by atoms with E-state index in [0.717, 1.165) is 50.9 Å². The Balaban J connectivity index is -0.0000000154. The topological polar surface area (TPSA) is 241 Å². The third kappa shape index (κ3) is 628. The summed E-state index contributed by atoms with van der Waals surface area (Å²) < 4.78 is 105. The molecule has 0 saturated heterocycles. The van der Waals surface area contributed by atoms with Crippen LogP contribution in [-0.4, -0.2) is 99.4 Å². The smallest absolute Gasteiger partial charge is 1.00 e. The van der Waals surface area contributed by atoms with Crippen molar-refractivity contribution in [2.75, 3.05) is 32.8 Å². The van der Waals surface area contributed by atoms with E-state index in [4.69, 9.17) is 29.9 Å². The Kier molecular flexibility index (Phi) is 435. The SMILES string of the molecule is Br.C/C(F)=C(/C)F.C/C=C/C(=O)O.C/C=C/C(=O)OC.C/C=C/C(C)=O.CC.CC.CC.CC(C)=O.CC(F)=C(F)F.CC=O.CC=O.CCBr.CCO.CCOC.FC(F)=C(F)F.O=CO[O-].[B].[CH2-]CCC.[H-].[H-].[K+].[K+].[Li+].[Na+].[Na+].[OH-]. The summed E-state index contributed by atoms with van der Waals surface area (Å²) in [6.07, 6.45) is 4.52. The number of halogens is 11. The first-order valence-corrected chi connectivity index (χ1v) is 22.2. The number of alkyl halides is 1. The molecule has 0 spiro atoms. The number of carboxylic acid groups (broad SMARTS) is 1. The van der Waals surface area contributed by atoms with Gasteiger partial charge in [-0.15, -0.1) is 17.0 Å². The second kappa shape index (κ2) is 208. The van der Waals surface area contributed by atoms with E-state index in [1.54, 1.807) is 40.0 Å². The Bertz CT molecular complexity index is 1100. The molecule has 79 heavy (non-hydrogen) atoms. The molecular weight excluding hydrogens is 1270 g/mol. The van der Waals surface area contributed by atoms with Crippen LogP contribution in [0.2, 0.25) is 0 Å². The van der Waals surface area contributed by atoms with Crippen LogP contribution in [0.4, 0.5) is 39.5 Å². The molecule has 0 aromatic carbocycles. The number of aliphatic carboxylic acids is 1. The second-order valence-corrected chi connectivity index (χ2v) is 10.1. The Morgan fingerprint density at radius 3 is 0.810 bits per heavy atom. The molecule has 0 aromatic rings. The number of aldehydes is 2. The first-order chi connectivity index (χ1) is 32.9. The van der Waals surface area contributed by atoms with Crippen molar-refractivity contribution in [3.8, 4) is 0 Å². The van der Waals surface area contributed by atoms with Crippen LogP contribution in [0.3, 0.4) is 0 Å². The third-order valence-electron chi connectivity index (χ3n) is 2.77. The molecular formula is C48H96BBr2F9K2LiNa2O14. The van der Waals surface area contributed by atoms with Gasteiger partial charge in [-0.1, -0.05) is 96.0 Å². The van der Waals surface area contributed by atoms with Crippen LogP contribution in [-0.2, 0) is 47.9 Å². The van der Waals surface area contributed by atoms with Gasteiger partial charge in [0.25, 0.3) is 6.47 Å². The van der Waals surface area contributed by atoms with Crippen LogP contribution in [0.15, 0.2) is 72.2 Å². The molecule has 0 aromatic heterocycles. The number of ether oxygens (including phenoxy) is 2. The Morgan fingerprint density at radius 2 is 0.797 bits per heavy atom. The van der Waals surface area contributed by atoms with Crippen molar-refractivity contribution < 1.29 is 292 Å². The Hall–Kier alpha value is 1.64. The van der Waals surface area contributed by atoms with Crippen molar-refractivity contribution in [1.29, 1.82) is 0 Å². The van der Waals surface area contributed by atoms with Gasteiger partial charge in [0.2, 0.25) is 0 Å². The van der Waals surface area contributed by atoms with Gasteiger partial charge in [0, 0.05) is 46.2 Å². The zero-order valence-corrected chi connectivity index (χ0v) is 66.6. The number of rotatable bonds is 6. The number of hydrogen-bond acceptors (Lipinski definition) is 13. The predicted octanol–water partition coefficient (Wildman–Crippen LogP) is 0.243. The molecule has 0 bridgehead atoms. The Morgan fingerprint density at radius 1 is 0.620 bits per heavy atom. The molecule has 0 heterocycles. The number of aliphatic hydroxyl groups is 1. The molecule has 0 atom stereocenters. The van der Waals surface area contributed by atoms with E-state index in [1.807, 2.05) is 62.3 Å². The van der Waals surface area contributed by atoms with E-state index in [0.29, 0.717) is 6.92 Å². The average Bonchev–Trinajstić information content (AvgIpc) is 3.30. The van der Waals surface area contributed by atoms with E-state index < -0.39 is 41.7 Å². The monoisotopic (exact) mass is 1370 g/mol. The van der Waals surface area contributed by atoms with E-state index in [1.165, 1.54) is 66.4 Å². The average molecular weight is 1370 g/mol. The number of allylic oxidation sites excluding steroid dienone is 7. The number of Topliss-reactive ketones (excluding diaryl/α,β-unsaturated/α-hetero) is 1. The summed E-state index contributed by atoms with van der Waals surface area (Å²) in [4.78, 5) is 67.9. The summed E-state index contributed by atoms with van der Waals surface area (Å²) in [5.74, 6) is -3.81. The fourth-order valence-corrected chi connectivity index (χ4v) is 0.581. The summed E-state index contributed by atoms with van der Waals surface area (Å²) in [6.45, 7) is 39.9. The molecule has 3 N–H and O–H groups in total. The van der Waals surface area contributed by atoms with Gasteiger partial charge in [-0.25, -0.2) is 22.8 Å². The normalized spacial score (nSPS) is 6.94. The van der Waals surface area contributed by atoms with Crippen molar-refractivity contribution >= 4 is 83.9 Å². The van der Waals surface area contributed by atoms with Crippen molar-refractivity contribution in [3.05, 3.63) is 79.1 Å². The molecule has 0 aliphatic heterocycles. The van der Waals surface area contributed by atoms with Gasteiger partial charge < -0.3 is 59.5 Å².